The number of rotatable bonds is 5. The number of amides is 2. The molecular formula is C23H20N6O2. The average Bonchev–Trinajstić information content (AvgIpc) is 3.13. The van der Waals surface area contributed by atoms with Crippen LogP contribution in [0, 0.1) is 13.8 Å². The zero-order chi connectivity index (χ0) is 21.8. The van der Waals surface area contributed by atoms with Gasteiger partial charge in [0.2, 0.25) is 5.95 Å². The third kappa shape index (κ3) is 4.32. The molecule has 0 unspecified atom stereocenters. The zero-order valence-corrected chi connectivity index (χ0v) is 17.0. The van der Waals surface area contributed by atoms with Gasteiger partial charge in [-0.25, -0.2) is 14.6 Å². The minimum atomic E-state index is -0.514. The number of carbonyl (C=O) groups is 2. The molecule has 0 fully saturated rings. The second-order valence-electron chi connectivity index (χ2n) is 6.90. The standard InChI is InChI=1S/C23H20N6O2/c1-15-9-11-18(12-10-15)29-16(2)19(21(30)27-23-24-13-6-14-25-23)20(28-29)22(31)26-17-7-4-3-5-8-17/h3-14H,1-2H3,(H,26,31)(H,24,25,27,30). The number of anilines is 2. The van der Waals surface area contributed by atoms with Crippen LogP contribution >= 0.6 is 0 Å². The molecule has 4 rings (SSSR count). The molecule has 154 valence electrons. The molecule has 0 saturated carbocycles. The highest BCUT2D eigenvalue weighted by Crippen LogP contribution is 2.21. The first-order chi connectivity index (χ1) is 15.0. The third-order valence-corrected chi connectivity index (χ3v) is 4.66. The van der Waals surface area contributed by atoms with Crippen LogP contribution in [0.25, 0.3) is 5.69 Å². The predicted octanol–water partition coefficient (Wildman–Crippen LogP) is 3.78. The summed E-state index contributed by atoms with van der Waals surface area (Å²) >= 11 is 0. The molecule has 0 radical (unpaired) electrons. The minimum Gasteiger partial charge on any atom is -0.321 e. The smallest absolute Gasteiger partial charge is 0.277 e. The topological polar surface area (TPSA) is 102 Å². The number of hydrogen-bond donors (Lipinski definition) is 2. The second kappa shape index (κ2) is 8.58. The Bertz CT molecular complexity index is 1220. The van der Waals surface area contributed by atoms with Crippen molar-refractivity contribution < 1.29 is 9.59 Å². The summed E-state index contributed by atoms with van der Waals surface area (Å²) in [7, 11) is 0. The van der Waals surface area contributed by atoms with Gasteiger partial charge in [-0.2, -0.15) is 5.10 Å². The van der Waals surface area contributed by atoms with Gasteiger partial charge in [0.1, 0.15) is 0 Å². The van der Waals surface area contributed by atoms with Crippen LogP contribution in [0.15, 0.2) is 73.1 Å². The normalized spacial score (nSPS) is 10.5. The van der Waals surface area contributed by atoms with Crippen molar-refractivity contribution >= 4 is 23.5 Å². The maximum Gasteiger partial charge on any atom is 0.277 e. The lowest BCUT2D eigenvalue weighted by Gasteiger charge is -2.07. The fourth-order valence-corrected chi connectivity index (χ4v) is 3.11. The van der Waals surface area contributed by atoms with E-state index in [0.717, 1.165) is 11.3 Å². The van der Waals surface area contributed by atoms with Gasteiger partial charge in [-0.05, 0) is 44.2 Å². The van der Waals surface area contributed by atoms with Gasteiger partial charge in [-0.15, -0.1) is 0 Å². The van der Waals surface area contributed by atoms with Gasteiger partial charge in [0, 0.05) is 18.1 Å². The van der Waals surface area contributed by atoms with Crippen LogP contribution in [-0.4, -0.2) is 31.6 Å². The fraction of sp³-hybridized carbons (Fsp3) is 0.0870. The molecule has 2 amide bonds. The molecule has 0 spiro atoms. The molecule has 8 heteroatoms. The highest BCUT2D eigenvalue weighted by Gasteiger charge is 2.27. The first kappa shape index (κ1) is 20.0. The lowest BCUT2D eigenvalue weighted by molar-refractivity contribution is 0.0987. The largest absolute Gasteiger partial charge is 0.321 e. The SMILES string of the molecule is Cc1ccc(-n2nc(C(=O)Nc3ccccc3)c(C(=O)Nc3ncccn3)c2C)cc1. The van der Waals surface area contributed by atoms with E-state index in [9.17, 15) is 9.59 Å². The van der Waals surface area contributed by atoms with Gasteiger partial charge < -0.3 is 5.32 Å². The Kier molecular flexibility index (Phi) is 5.53. The van der Waals surface area contributed by atoms with Gasteiger partial charge in [0.25, 0.3) is 11.8 Å². The summed E-state index contributed by atoms with van der Waals surface area (Å²) in [5.74, 6) is -0.857. The van der Waals surface area contributed by atoms with Crippen LogP contribution in [0.3, 0.4) is 0 Å². The molecule has 2 N–H and O–H groups in total. The molecule has 0 aliphatic carbocycles. The van der Waals surface area contributed by atoms with Crippen LogP contribution in [0.1, 0.15) is 32.1 Å². The Morgan fingerprint density at radius 1 is 0.806 bits per heavy atom. The van der Waals surface area contributed by atoms with E-state index in [1.807, 2.05) is 49.4 Å². The number of benzene rings is 2. The van der Waals surface area contributed by atoms with Crippen molar-refractivity contribution in [2.24, 2.45) is 0 Å². The highest BCUT2D eigenvalue weighted by molar-refractivity contribution is 6.14. The molecule has 2 aromatic heterocycles. The predicted molar refractivity (Wildman–Crippen MR) is 117 cm³/mol. The molecule has 4 aromatic rings. The van der Waals surface area contributed by atoms with Crippen molar-refractivity contribution in [1.29, 1.82) is 0 Å². The molecule has 0 saturated heterocycles. The number of nitrogens with zero attached hydrogens (tertiary/aromatic N) is 4. The van der Waals surface area contributed by atoms with E-state index in [1.165, 1.54) is 12.4 Å². The second-order valence-corrected chi connectivity index (χ2v) is 6.90. The number of para-hydroxylation sites is 1. The lowest BCUT2D eigenvalue weighted by atomic mass is 10.1. The van der Waals surface area contributed by atoms with Gasteiger partial charge >= 0.3 is 0 Å². The van der Waals surface area contributed by atoms with E-state index < -0.39 is 11.8 Å². The fourth-order valence-electron chi connectivity index (χ4n) is 3.11. The summed E-state index contributed by atoms with van der Waals surface area (Å²) in [5.41, 5.74) is 3.13. The van der Waals surface area contributed by atoms with Crippen molar-refractivity contribution in [3.63, 3.8) is 0 Å². The van der Waals surface area contributed by atoms with E-state index in [1.54, 1.807) is 29.8 Å². The van der Waals surface area contributed by atoms with Gasteiger partial charge in [0.05, 0.1) is 16.9 Å². The van der Waals surface area contributed by atoms with Gasteiger partial charge in [-0.1, -0.05) is 35.9 Å². The summed E-state index contributed by atoms with van der Waals surface area (Å²) in [6, 6.07) is 18.3. The van der Waals surface area contributed by atoms with Gasteiger partial charge in [0.15, 0.2) is 5.69 Å². The summed E-state index contributed by atoms with van der Waals surface area (Å²) in [5, 5.41) is 9.90. The molecular weight excluding hydrogens is 392 g/mol. The van der Waals surface area contributed by atoms with Crippen LogP contribution < -0.4 is 10.6 Å². The molecule has 2 aromatic carbocycles. The Labute approximate surface area is 179 Å². The molecule has 0 aliphatic heterocycles. The quantitative estimate of drug-likeness (QED) is 0.519. The van der Waals surface area contributed by atoms with Crippen molar-refractivity contribution in [2.45, 2.75) is 13.8 Å². The van der Waals surface area contributed by atoms with E-state index >= 15 is 0 Å². The van der Waals surface area contributed by atoms with Crippen LogP contribution in [0.5, 0.6) is 0 Å². The maximum absolute atomic E-state index is 13.1. The minimum absolute atomic E-state index is 0.00959. The monoisotopic (exact) mass is 412 g/mol. The van der Waals surface area contributed by atoms with Crippen molar-refractivity contribution in [3.05, 3.63) is 95.6 Å². The molecule has 8 nitrogen and oxygen atoms in total. The van der Waals surface area contributed by atoms with E-state index in [4.69, 9.17) is 0 Å². The Morgan fingerprint density at radius 3 is 2.16 bits per heavy atom. The first-order valence-electron chi connectivity index (χ1n) is 9.64. The van der Waals surface area contributed by atoms with Gasteiger partial charge in [-0.3, -0.25) is 14.9 Å². The number of aromatic nitrogens is 4. The number of nitrogens with one attached hydrogen (secondary N) is 2. The average molecular weight is 412 g/mol. The highest BCUT2D eigenvalue weighted by atomic mass is 16.2. The third-order valence-electron chi connectivity index (χ3n) is 4.66. The summed E-state index contributed by atoms with van der Waals surface area (Å²) in [6.45, 7) is 3.73. The molecule has 0 atom stereocenters. The Balaban J connectivity index is 1.75. The van der Waals surface area contributed by atoms with E-state index in [0.29, 0.717) is 11.4 Å². The van der Waals surface area contributed by atoms with Crippen LogP contribution in [-0.2, 0) is 0 Å². The van der Waals surface area contributed by atoms with Crippen molar-refractivity contribution in [3.8, 4) is 5.69 Å². The Morgan fingerprint density at radius 2 is 1.48 bits per heavy atom. The summed E-state index contributed by atoms with van der Waals surface area (Å²) in [4.78, 5) is 34.2. The van der Waals surface area contributed by atoms with Crippen LogP contribution in [0.4, 0.5) is 11.6 Å². The molecule has 0 bridgehead atoms. The Hall–Kier alpha value is -4.33. The van der Waals surface area contributed by atoms with Crippen LogP contribution in [0.2, 0.25) is 0 Å². The van der Waals surface area contributed by atoms with E-state index in [2.05, 4.69) is 25.7 Å². The lowest BCUT2D eigenvalue weighted by Crippen LogP contribution is -2.21. The summed E-state index contributed by atoms with van der Waals surface area (Å²) in [6.07, 6.45) is 3.04. The maximum atomic E-state index is 13.1. The first-order valence-corrected chi connectivity index (χ1v) is 9.64. The van der Waals surface area contributed by atoms with Crippen molar-refractivity contribution in [1.82, 2.24) is 19.7 Å². The molecule has 31 heavy (non-hydrogen) atoms. The molecule has 2 heterocycles. The van der Waals surface area contributed by atoms with E-state index in [-0.39, 0.29) is 17.2 Å². The number of aryl methyl sites for hydroxylation is 1. The molecule has 0 aliphatic rings. The van der Waals surface area contributed by atoms with Crippen molar-refractivity contribution in [2.75, 3.05) is 10.6 Å². The number of hydrogen-bond acceptors (Lipinski definition) is 5. The number of carbonyl (C=O) groups excluding carboxylic acids is 2. The summed E-state index contributed by atoms with van der Waals surface area (Å²) < 4.78 is 1.58. The zero-order valence-electron chi connectivity index (χ0n) is 17.0.